The third-order valence-electron chi connectivity index (χ3n) is 4.36. The monoisotopic (exact) mass is 308 g/mol. The van der Waals surface area contributed by atoms with Gasteiger partial charge in [-0.3, -0.25) is 9.59 Å². The van der Waals surface area contributed by atoms with E-state index in [4.69, 9.17) is 5.73 Å². The van der Waals surface area contributed by atoms with Crippen LogP contribution < -0.4 is 5.73 Å². The Hall–Kier alpha value is -2.62. The summed E-state index contributed by atoms with van der Waals surface area (Å²) in [6.07, 6.45) is 1.04. The minimum Gasteiger partial charge on any atom is -0.369 e. The lowest BCUT2D eigenvalue weighted by atomic mass is 10.0. The highest BCUT2D eigenvalue weighted by Gasteiger charge is 2.29. The number of likely N-dealkylation sites (tertiary alicyclic amines) is 1. The zero-order valence-electron chi connectivity index (χ0n) is 12.9. The van der Waals surface area contributed by atoms with Crippen LogP contribution in [0.1, 0.15) is 12.0 Å². The fourth-order valence-corrected chi connectivity index (χ4v) is 2.95. The van der Waals surface area contributed by atoms with Gasteiger partial charge in [-0.05, 0) is 23.1 Å². The van der Waals surface area contributed by atoms with Gasteiger partial charge in [0.1, 0.15) is 0 Å². The molecule has 0 radical (unpaired) electrons. The van der Waals surface area contributed by atoms with Crippen LogP contribution in [0, 0.1) is 5.92 Å². The maximum Gasteiger partial charge on any atom is 0.227 e. The highest BCUT2D eigenvalue weighted by Crippen LogP contribution is 2.21. The van der Waals surface area contributed by atoms with Crippen LogP contribution in [0.15, 0.2) is 54.6 Å². The molecule has 4 heteroatoms. The Morgan fingerprint density at radius 3 is 2.26 bits per heavy atom. The van der Waals surface area contributed by atoms with Crippen molar-refractivity contribution in [3.05, 3.63) is 60.2 Å². The molecule has 1 saturated heterocycles. The van der Waals surface area contributed by atoms with Crippen LogP contribution in [-0.4, -0.2) is 29.8 Å². The number of carbonyl (C=O) groups excluding carboxylic acids is 2. The number of rotatable bonds is 4. The summed E-state index contributed by atoms with van der Waals surface area (Å²) in [4.78, 5) is 25.2. The minimum atomic E-state index is -0.312. The van der Waals surface area contributed by atoms with Gasteiger partial charge in [-0.15, -0.1) is 0 Å². The summed E-state index contributed by atoms with van der Waals surface area (Å²) in [6.45, 7) is 1.07. The number of nitrogens with two attached hydrogens (primary N) is 1. The predicted octanol–water partition coefficient (Wildman–Crippen LogP) is 2.23. The fourth-order valence-electron chi connectivity index (χ4n) is 2.95. The van der Waals surface area contributed by atoms with Gasteiger partial charge in [0.15, 0.2) is 0 Å². The first-order valence-corrected chi connectivity index (χ1v) is 7.85. The van der Waals surface area contributed by atoms with Crippen molar-refractivity contribution in [3.8, 4) is 11.1 Å². The van der Waals surface area contributed by atoms with Crippen molar-refractivity contribution in [3.63, 3.8) is 0 Å². The lowest BCUT2D eigenvalue weighted by molar-refractivity contribution is -0.129. The molecule has 3 rings (SSSR count). The van der Waals surface area contributed by atoms with E-state index in [1.807, 2.05) is 42.5 Å². The highest BCUT2D eigenvalue weighted by molar-refractivity contribution is 5.82. The Morgan fingerprint density at radius 2 is 1.65 bits per heavy atom. The van der Waals surface area contributed by atoms with Crippen molar-refractivity contribution in [1.82, 2.24) is 4.90 Å². The van der Waals surface area contributed by atoms with Crippen molar-refractivity contribution < 1.29 is 9.59 Å². The summed E-state index contributed by atoms with van der Waals surface area (Å²) in [5, 5.41) is 0. The molecule has 118 valence electrons. The number of hydrogen-bond acceptors (Lipinski definition) is 2. The zero-order valence-corrected chi connectivity index (χ0v) is 12.9. The summed E-state index contributed by atoms with van der Waals surface area (Å²) in [5.74, 6) is -0.451. The van der Waals surface area contributed by atoms with Crippen LogP contribution in [0.2, 0.25) is 0 Å². The van der Waals surface area contributed by atoms with Crippen LogP contribution in [0.25, 0.3) is 11.1 Å². The number of benzene rings is 2. The Balaban J connectivity index is 1.62. The normalized spacial score (nSPS) is 17.2. The van der Waals surface area contributed by atoms with Gasteiger partial charge >= 0.3 is 0 Å². The molecule has 1 atom stereocenters. The zero-order chi connectivity index (χ0) is 16.2. The summed E-state index contributed by atoms with van der Waals surface area (Å²) >= 11 is 0. The molecule has 0 spiro atoms. The van der Waals surface area contributed by atoms with Gasteiger partial charge in [0, 0.05) is 13.1 Å². The Morgan fingerprint density at radius 1 is 1.00 bits per heavy atom. The van der Waals surface area contributed by atoms with Crippen molar-refractivity contribution in [2.45, 2.75) is 12.8 Å². The Labute approximate surface area is 135 Å². The van der Waals surface area contributed by atoms with Crippen molar-refractivity contribution in [1.29, 1.82) is 0 Å². The molecule has 0 aromatic heterocycles. The molecule has 0 bridgehead atoms. The lowest BCUT2D eigenvalue weighted by Gasteiger charge is -2.16. The van der Waals surface area contributed by atoms with Crippen LogP contribution in [0.5, 0.6) is 0 Å². The highest BCUT2D eigenvalue weighted by atomic mass is 16.2. The van der Waals surface area contributed by atoms with Crippen molar-refractivity contribution >= 4 is 11.8 Å². The van der Waals surface area contributed by atoms with Crippen LogP contribution in [0.3, 0.4) is 0 Å². The molecule has 1 heterocycles. The van der Waals surface area contributed by atoms with Gasteiger partial charge in [-0.25, -0.2) is 0 Å². The molecule has 0 saturated carbocycles. The number of hydrogen-bond donors (Lipinski definition) is 1. The first-order valence-electron chi connectivity index (χ1n) is 7.85. The first-order chi connectivity index (χ1) is 11.1. The quantitative estimate of drug-likeness (QED) is 0.941. The summed E-state index contributed by atoms with van der Waals surface area (Å²) in [6, 6.07) is 18.2. The van der Waals surface area contributed by atoms with E-state index in [-0.39, 0.29) is 17.7 Å². The van der Waals surface area contributed by atoms with E-state index in [1.165, 1.54) is 0 Å². The topological polar surface area (TPSA) is 63.4 Å². The standard InChI is InChI=1S/C19H20N2O2/c20-19(23)17-10-11-21(13-17)18(22)12-14-6-8-16(9-7-14)15-4-2-1-3-5-15/h1-9,17H,10-13H2,(H2,20,23). The minimum absolute atomic E-state index is 0.0567. The summed E-state index contributed by atoms with van der Waals surface area (Å²) < 4.78 is 0. The molecule has 0 aliphatic carbocycles. The van der Waals surface area contributed by atoms with Gasteiger partial charge in [0.2, 0.25) is 11.8 Å². The fraction of sp³-hybridized carbons (Fsp3) is 0.263. The van der Waals surface area contributed by atoms with E-state index in [0.29, 0.717) is 25.9 Å². The molecule has 1 aliphatic rings. The first kappa shape index (κ1) is 15.3. The third-order valence-corrected chi connectivity index (χ3v) is 4.36. The Kier molecular flexibility index (Phi) is 4.42. The average molecular weight is 308 g/mol. The summed E-state index contributed by atoms with van der Waals surface area (Å²) in [7, 11) is 0. The molecular formula is C19H20N2O2. The molecule has 2 aromatic rings. The molecule has 23 heavy (non-hydrogen) atoms. The molecule has 2 aromatic carbocycles. The molecule has 4 nitrogen and oxygen atoms in total. The van der Waals surface area contributed by atoms with Crippen molar-refractivity contribution in [2.75, 3.05) is 13.1 Å². The SMILES string of the molecule is NC(=O)C1CCN(C(=O)Cc2ccc(-c3ccccc3)cc2)C1. The van der Waals surface area contributed by atoms with Crippen LogP contribution in [-0.2, 0) is 16.0 Å². The second-order valence-electron chi connectivity index (χ2n) is 5.97. The van der Waals surface area contributed by atoms with E-state index >= 15 is 0 Å². The van der Waals surface area contributed by atoms with Gasteiger partial charge in [-0.2, -0.15) is 0 Å². The molecule has 1 fully saturated rings. The lowest BCUT2D eigenvalue weighted by Crippen LogP contribution is -2.32. The third kappa shape index (κ3) is 3.59. The van der Waals surface area contributed by atoms with E-state index in [0.717, 1.165) is 16.7 Å². The molecule has 1 aliphatic heterocycles. The molecule has 2 amide bonds. The van der Waals surface area contributed by atoms with Crippen LogP contribution >= 0.6 is 0 Å². The van der Waals surface area contributed by atoms with E-state index < -0.39 is 0 Å². The average Bonchev–Trinajstić information content (AvgIpc) is 3.07. The predicted molar refractivity (Wildman–Crippen MR) is 89.5 cm³/mol. The van der Waals surface area contributed by atoms with Gasteiger partial charge in [0.25, 0.3) is 0 Å². The van der Waals surface area contributed by atoms with Gasteiger partial charge in [-0.1, -0.05) is 54.6 Å². The van der Waals surface area contributed by atoms with Crippen LogP contribution in [0.4, 0.5) is 0 Å². The van der Waals surface area contributed by atoms with E-state index in [1.54, 1.807) is 4.90 Å². The van der Waals surface area contributed by atoms with E-state index in [2.05, 4.69) is 12.1 Å². The maximum atomic E-state index is 12.3. The number of primary amides is 1. The second kappa shape index (κ2) is 6.65. The van der Waals surface area contributed by atoms with E-state index in [9.17, 15) is 9.59 Å². The largest absolute Gasteiger partial charge is 0.369 e. The number of nitrogens with zero attached hydrogens (tertiary/aromatic N) is 1. The number of amides is 2. The number of carbonyl (C=O) groups is 2. The van der Waals surface area contributed by atoms with Gasteiger partial charge < -0.3 is 10.6 Å². The molecule has 2 N–H and O–H groups in total. The Bertz CT molecular complexity index is 695. The van der Waals surface area contributed by atoms with Crippen molar-refractivity contribution in [2.24, 2.45) is 11.7 Å². The smallest absolute Gasteiger partial charge is 0.227 e. The maximum absolute atomic E-state index is 12.3. The van der Waals surface area contributed by atoms with Gasteiger partial charge in [0.05, 0.1) is 12.3 Å². The summed E-state index contributed by atoms with van der Waals surface area (Å²) in [5.41, 5.74) is 8.59. The molecule has 1 unspecified atom stereocenters. The molecular weight excluding hydrogens is 288 g/mol. The second-order valence-corrected chi connectivity index (χ2v) is 5.97.